The maximum atomic E-state index is 12.6. The minimum atomic E-state index is -0.123. The smallest absolute Gasteiger partial charge is 0.227 e. The summed E-state index contributed by atoms with van der Waals surface area (Å²) in [5.74, 6) is 0.702. The van der Waals surface area contributed by atoms with Crippen LogP contribution in [-0.2, 0) is 9.59 Å². The highest BCUT2D eigenvalue weighted by atomic mass is 79.9. The minimum absolute atomic E-state index is 0.0247. The highest BCUT2D eigenvalue weighted by molar-refractivity contribution is 9.11. The number of hydrogen-bond acceptors (Lipinski definition) is 6. The van der Waals surface area contributed by atoms with Crippen LogP contribution in [0.25, 0.3) is 10.6 Å². The summed E-state index contributed by atoms with van der Waals surface area (Å²) in [6, 6.07) is 15.1. The zero-order chi connectivity index (χ0) is 21.8. The number of thiophene rings is 1. The van der Waals surface area contributed by atoms with Crippen molar-refractivity contribution in [2.75, 3.05) is 28.6 Å². The lowest BCUT2D eigenvalue weighted by atomic mass is 9.96. The summed E-state index contributed by atoms with van der Waals surface area (Å²) in [5.41, 5.74) is 2.29. The summed E-state index contributed by atoms with van der Waals surface area (Å²) in [5, 5.41) is 14.4. The van der Waals surface area contributed by atoms with E-state index in [9.17, 15) is 9.59 Å². The number of nitrogens with one attached hydrogen (secondary N) is 2. The summed E-state index contributed by atoms with van der Waals surface area (Å²) in [7, 11) is 0. The van der Waals surface area contributed by atoms with E-state index in [1.165, 1.54) is 6.92 Å². The van der Waals surface area contributed by atoms with Crippen molar-refractivity contribution >= 4 is 56.3 Å². The fraction of sp³-hybridized carbons (Fsp3) is 0.273. The largest absolute Gasteiger partial charge is 0.355 e. The number of carbonyl (C=O) groups excluding carboxylic acids is 2. The molecule has 1 fully saturated rings. The van der Waals surface area contributed by atoms with E-state index in [4.69, 9.17) is 0 Å². The van der Waals surface area contributed by atoms with Gasteiger partial charge in [0.25, 0.3) is 0 Å². The van der Waals surface area contributed by atoms with Gasteiger partial charge in [-0.1, -0.05) is 0 Å². The highest BCUT2D eigenvalue weighted by Gasteiger charge is 2.26. The molecule has 2 N–H and O–H groups in total. The van der Waals surface area contributed by atoms with Crippen molar-refractivity contribution in [1.82, 2.24) is 10.2 Å². The molecule has 9 heteroatoms. The standard InChI is InChI=1S/C22H22BrN5O2S/c1-14(29)24-16-2-4-17(5-3-16)25-22(30)15-10-12-28(13-11-15)21-9-6-18(26-27-21)19-7-8-20(23)31-19/h2-9,15H,10-13H2,1H3,(H,24,29)(H,25,30). The van der Waals surface area contributed by atoms with Crippen molar-refractivity contribution in [2.24, 2.45) is 5.92 Å². The summed E-state index contributed by atoms with van der Waals surface area (Å²) in [6.07, 6.45) is 1.52. The molecular weight excluding hydrogens is 478 g/mol. The molecule has 3 aromatic rings. The molecule has 0 saturated carbocycles. The van der Waals surface area contributed by atoms with E-state index in [0.717, 1.165) is 51.8 Å². The lowest BCUT2D eigenvalue weighted by molar-refractivity contribution is -0.120. The van der Waals surface area contributed by atoms with Gasteiger partial charge in [0.05, 0.1) is 8.66 Å². The SMILES string of the molecule is CC(=O)Nc1ccc(NC(=O)C2CCN(c3ccc(-c4ccc(Br)s4)nn3)CC2)cc1. The van der Waals surface area contributed by atoms with E-state index in [2.05, 4.69) is 41.7 Å². The predicted octanol–water partition coefficient (Wildman–Crippen LogP) is 4.78. The number of rotatable bonds is 5. The van der Waals surface area contributed by atoms with Gasteiger partial charge in [0.2, 0.25) is 11.8 Å². The van der Waals surface area contributed by atoms with Crippen LogP contribution in [0, 0.1) is 5.92 Å². The third-order valence-electron chi connectivity index (χ3n) is 5.14. The quantitative estimate of drug-likeness (QED) is 0.527. The van der Waals surface area contributed by atoms with Crippen LogP contribution >= 0.6 is 27.3 Å². The number of hydrogen-bond donors (Lipinski definition) is 2. The molecule has 2 amide bonds. The van der Waals surface area contributed by atoms with E-state index in [1.54, 1.807) is 35.6 Å². The first kappa shape index (κ1) is 21.5. The van der Waals surface area contributed by atoms with Gasteiger partial charge in [0.15, 0.2) is 5.82 Å². The van der Waals surface area contributed by atoms with Crippen molar-refractivity contribution in [3.05, 3.63) is 52.3 Å². The molecule has 0 radical (unpaired) electrons. The predicted molar refractivity (Wildman–Crippen MR) is 127 cm³/mol. The Morgan fingerprint density at radius 1 is 0.968 bits per heavy atom. The molecule has 0 spiro atoms. The van der Waals surface area contributed by atoms with Gasteiger partial charge >= 0.3 is 0 Å². The van der Waals surface area contributed by atoms with Gasteiger partial charge < -0.3 is 15.5 Å². The molecular formula is C22H22BrN5O2S. The summed E-state index contributed by atoms with van der Waals surface area (Å²) >= 11 is 5.10. The van der Waals surface area contributed by atoms with Gasteiger partial charge in [-0.25, -0.2) is 0 Å². The molecule has 0 aliphatic carbocycles. The molecule has 1 aliphatic heterocycles. The molecule has 4 rings (SSSR count). The van der Waals surface area contributed by atoms with Gasteiger partial charge in [-0.15, -0.1) is 21.5 Å². The molecule has 1 saturated heterocycles. The van der Waals surface area contributed by atoms with Crippen LogP contribution < -0.4 is 15.5 Å². The maximum absolute atomic E-state index is 12.6. The van der Waals surface area contributed by atoms with Crippen LogP contribution in [0.3, 0.4) is 0 Å². The van der Waals surface area contributed by atoms with Crippen molar-refractivity contribution in [3.8, 4) is 10.6 Å². The molecule has 0 unspecified atom stereocenters. The van der Waals surface area contributed by atoms with Crippen LogP contribution in [0.1, 0.15) is 19.8 Å². The van der Waals surface area contributed by atoms with Crippen molar-refractivity contribution < 1.29 is 9.59 Å². The van der Waals surface area contributed by atoms with E-state index in [1.807, 2.05) is 24.3 Å². The number of nitrogens with zero attached hydrogens (tertiary/aromatic N) is 3. The molecule has 160 valence electrons. The lowest BCUT2D eigenvalue weighted by Crippen LogP contribution is -2.38. The highest BCUT2D eigenvalue weighted by Crippen LogP contribution is 2.30. The monoisotopic (exact) mass is 499 g/mol. The first-order valence-electron chi connectivity index (χ1n) is 10.0. The molecule has 0 atom stereocenters. The van der Waals surface area contributed by atoms with Gasteiger partial charge in [-0.05, 0) is 77.3 Å². The number of carbonyl (C=O) groups is 2. The Bertz CT molecular complexity index is 1060. The van der Waals surface area contributed by atoms with Crippen LogP contribution in [0.5, 0.6) is 0 Å². The van der Waals surface area contributed by atoms with Gasteiger partial charge in [0, 0.05) is 37.3 Å². The third-order valence-corrected chi connectivity index (χ3v) is 6.78. The lowest BCUT2D eigenvalue weighted by Gasteiger charge is -2.31. The Morgan fingerprint density at radius 2 is 1.65 bits per heavy atom. The van der Waals surface area contributed by atoms with Crippen LogP contribution in [0.4, 0.5) is 17.2 Å². The van der Waals surface area contributed by atoms with E-state index < -0.39 is 0 Å². The number of amides is 2. The summed E-state index contributed by atoms with van der Waals surface area (Å²) < 4.78 is 1.07. The third kappa shape index (κ3) is 5.48. The normalized spacial score (nSPS) is 14.3. The summed E-state index contributed by atoms with van der Waals surface area (Å²) in [6.45, 7) is 2.99. The Morgan fingerprint density at radius 3 is 2.19 bits per heavy atom. The molecule has 0 bridgehead atoms. The number of anilines is 3. The number of piperidine rings is 1. The fourth-order valence-corrected chi connectivity index (χ4v) is 4.88. The second-order valence-corrected chi connectivity index (χ2v) is 9.85. The second-order valence-electron chi connectivity index (χ2n) is 7.39. The van der Waals surface area contributed by atoms with Crippen LogP contribution in [0.15, 0.2) is 52.3 Å². The molecule has 1 aliphatic rings. The molecule has 3 heterocycles. The fourth-order valence-electron chi connectivity index (χ4n) is 3.53. The number of halogens is 1. The minimum Gasteiger partial charge on any atom is -0.355 e. The average molecular weight is 500 g/mol. The van der Waals surface area contributed by atoms with E-state index in [-0.39, 0.29) is 17.7 Å². The van der Waals surface area contributed by atoms with Gasteiger partial charge in [0.1, 0.15) is 5.69 Å². The first-order chi connectivity index (χ1) is 15.0. The number of benzene rings is 1. The van der Waals surface area contributed by atoms with Crippen LogP contribution in [-0.4, -0.2) is 35.1 Å². The molecule has 31 heavy (non-hydrogen) atoms. The molecule has 2 aromatic heterocycles. The van der Waals surface area contributed by atoms with Crippen molar-refractivity contribution in [1.29, 1.82) is 0 Å². The summed E-state index contributed by atoms with van der Waals surface area (Å²) in [4.78, 5) is 27.0. The van der Waals surface area contributed by atoms with Gasteiger partial charge in [-0.2, -0.15) is 0 Å². The second kappa shape index (κ2) is 9.57. The van der Waals surface area contributed by atoms with E-state index >= 15 is 0 Å². The number of aromatic nitrogens is 2. The molecule has 1 aromatic carbocycles. The zero-order valence-electron chi connectivity index (χ0n) is 17.0. The van der Waals surface area contributed by atoms with E-state index in [0.29, 0.717) is 5.69 Å². The van der Waals surface area contributed by atoms with Gasteiger partial charge in [-0.3, -0.25) is 9.59 Å². The topological polar surface area (TPSA) is 87.2 Å². The molecule has 7 nitrogen and oxygen atoms in total. The Kier molecular flexibility index (Phi) is 6.62. The Balaban J connectivity index is 1.30. The Labute approximate surface area is 193 Å². The average Bonchev–Trinajstić information content (AvgIpc) is 3.21. The Hall–Kier alpha value is -2.78. The maximum Gasteiger partial charge on any atom is 0.227 e. The van der Waals surface area contributed by atoms with Crippen molar-refractivity contribution in [3.63, 3.8) is 0 Å². The van der Waals surface area contributed by atoms with Crippen molar-refractivity contribution in [2.45, 2.75) is 19.8 Å². The zero-order valence-corrected chi connectivity index (χ0v) is 19.4. The van der Waals surface area contributed by atoms with Crippen LogP contribution in [0.2, 0.25) is 0 Å². The first-order valence-corrected chi connectivity index (χ1v) is 11.6.